The zero-order valence-corrected chi connectivity index (χ0v) is 9.83. The molecule has 94 valence electrons. The lowest BCUT2D eigenvalue weighted by Gasteiger charge is -2.20. The van der Waals surface area contributed by atoms with Crippen molar-refractivity contribution in [2.75, 3.05) is 13.2 Å². The molecule has 0 spiro atoms. The summed E-state index contributed by atoms with van der Waals surface area (Å²) in [7, 11) is 0. The second-order valence-corrected chi connectivity index (χ2v) is 4.19. The van der Waals surface area contributed by atoms with Crippen LogP contribution in [0, 0.1) is 5.82 Å². The number of amides is 1. The highest BCUT2D eigenvalue weighted by molar-refractivity contribution is 6.32. The Hall–Kier alpha value is -1.24. The quantitative estimate of drug-likeness (QED) is 0.684. The van der Waals surface area contributed by atoms with E-state index in [-0.39, 0.29) is 17.3 Å². The number of aliphatic hydroxyl groups is 2. The molecule has 7 heteroatoms. The van der Waals surface area contributed by atoms with E-state index in [9.17, 15) is 14.3 Å². The van der Waals surface area contributed by atoms with Gasteiger partial charge in [0.2, 0.25) is 0 Å². The zero-order chi connectivity index (χ0) is 13.1. The molecule has 0 aliphatic rings. The van der Waals surface area contributed by atoms with Crippen LogP contribution in [-0.2, 0) is 0 Å². The minimum Gasteiger partial charge on any atom is -0.393 e. The second-order valence-electron chi connectivity index (χ2n) is 3.83. The molecule has 0 radical (unpaired) electrons. The van der Waals surface area contributed by atoms with Crippen LogP contribution in [0.1, 0.15) is 17.3 Å². The van der Waals surface area contributed by atoms with Crippen LogP contribution < -0.4 is 5.32 Å². The average Bonchev–Trinajstić information content (AvgIpc) is 2.29. The maximum atomic E-state index is 12.9. The molecule has 1 aromatic rings. The number of pyridine rings is 1. The lowest BCUT2D eigenvalue weighted by atomic mass is 10.1. The van der Waals surface area contributed by atoms with Crippen LogP contribution in [0.4, 0.5) is 4.39 Å². The summed E-state index contributed by atoms with van der Waals surface area (Å²) in [6.07, 6.45) is 0.892. The normalized spacial score (nSPS) is 14.2. The van der Waals surface area contributed by atoms with Crippen LogP contribution in [-0.4, -0.2) is 39.9 Å². The van der Waals surface area contributed by atoms with E-state index in [1.807, 2.05) is 0 Å². The first-order valence-corrected chi connectivity index (χ1v) is 5.16. The molecule has 1 amide bonds. The molecule has 1 aromatic heterocycles. The molecule has 5 nitrogen and oxygen atoms in total. The monoisotopic (exact) mass is 262 g/mol. The van der Waals surface area contributed by atoms with E-state index in [1.165, 1.54) is 6.92 Å². The molecule has 1 heterocycles. The van der Waals surface area contributed by atoms with Gasteiger partial charge in [-0.05, 0) is 13.0 Å². The van der Waals surface area contributed by atoms with Gasteiger partial charge >= 0.3 is 0 Å². The number of hydrogen-bond acceptors (Lipinski definition) is 4. The second kappa shape index (κ2) is 5.39. The average molecular weight is 263 g/mol. The number of carbonyl (C=O) groups excluding carboxylic acids is 1. The molecule has 0 saturated carbocycles. The van der Waals surface area contributed by atoms with Crippen LogP contribution in [0.5, 0.6) is 0 Å². The zero-order valence-electron chi connectivity index (χ0n) is 9.07. The molecular weight excluding hydrogens is 251 g/mol. The van der Waals surface area contributed by atoms with Gasteiger partial charge < -0.3 is 15.5 Å². The number of aliphatic hydroxyl groups excluding tert-OH is 1. The number of rotatable bonds is 4. The number of nitrogens with one attached hydrogen (secondary N) is 1. The van der Waals surface area contributed by atoms with Crippen LogP contribution >= 0.6 is 11.6 Å². The molecule has 0 saturated heterocycles. The molecule has 3 N–H and O–H groups in total. The summed E-state index contributed by atoms with van der Waals surface area (Å²) in [5.74, 6) is -1.36. The van der Waals surface area contributed by atoms with Gasteiger partial charge in [-0.3, -0.25) is 4.79 Å². The molecule has 0 aromatic carbocycles. The maximum absolute atomic E-state index is 12.9. The SMILES string of the molecule is CC(O)(CO)CNC(=O)c1cc(F)cnc1Cl. The molecular formula is C10H12ClFN2O3. The molecule has 17 heavy (non-hydrogen) atoms. The van der Waals surface area contributed by atoms with Gasteiger partial charge in [0.15, 0.2) is 0 Å². The van der Waals surface area contributed by atoms with E-state index >= 15 is 0 Å². The number of nitrogens with zero attached hydrogens (tertiary/aromatic N) is 1. The summed E-state index contributed by atoms with van der Waals surface area (Å²) < 4.78 is 12.9. The van der Waals surface area contributed by atoms with E-state index in [2.05, 4.69) is 10.3 Å². The first kappa shape index (κ1) is 13.8. The summed E-state index contributed by atoms with van der Waals surface area (Å²) in [5, 5.41) is 20.4. The first-order chi connectivity index (χ1) is 7.85. The fourth-order valence-electron chi connectivity index (χ4n) is 1.00. The minimum absolute atomic E-state index is 0.125. The van der Waals surface area contributed by atoms with Crippen molar-refractivity contribution in [1.29, 1.82) is 0 Å². The Morgan fingerprint density at radius 3 is 2.94 bits per heavy atom. The highest BCUT2D eigenvalue weighted by Gasteiger charge is 2.21. The van der Waals surface area contributed by atoms with E-state index in [4.69, 9.17) is 16.7 Å². The Morgan fingerprint density at radius 1 is 1.71 bits per heavy atom. The van der Waals surface area contributed by atoms with Crippen molar-refractivity contribution in [3.8, 4) is 0 Å². The lowest BCUT2D eigenvalue weighted by molar-refractivity contribution is 0.00319. The summed E-state index contributed by atoms with van der Waals surface area (Å²) >= 11 is 5.62. The predicted octanol–water partition coefficient (Wildman–Crippen LogP) is 0.347. The topological polar surface area (TPSA) is 82.5 Å². The Bertz CT molecular complexity index is 426. The summed E-state index contributed by atoms with van der Waals surface area (Å²) in [6, 6.07) is 0.943. The highest BCUT2D eigenvalue weighted by atomic mass is 35.5. The van der Waals surface area contributed by atoms with Gasteiger partial charge in [-0.1, -0.05) is 11.6 Å². The molecule has 0 bridgehead atoms. The third-order valence-electron chi connectivity index (χ3n) is 2.02. The first-order valence-electron chi connectivity index (χ1n) is 4.78. The van der Waals surface area contributed by atoms with Crippen molar-refractivity contribution in [3.05, 3.63) is 28.8 Å². The maximum Gasteiger partial charge on any atom is 0.254 e. The number of carbonyl (C=O) groups is 1. The molecule has 0 aliphatic heterocycles. The standard InChI is InChI=1S/C10H12ClFN2O3/c1-10(17,5-15)4-14-9(16)7-2-6(12)3-13-8(7)11/h2-3,15,17H,4-5H2,1H3,(H,14,16). The smallest absolute Gasteiger partial charge is 0.254 e. The van der Waals surface area contributed by atoms with E-state index < -0.39 is 23.9 Å². The Balaban J connectivity index is 2.74. The van der Waals surface area contributed by atoms with Gasteiger partial charge in [0, 0.05) is 6.54 Å². The van der Waals surface area contributed by atoms with Crippen LogP contribution in [0.15, 0.2) is 12.3 Å². The van der Waals surface area contributed by atoms with Crippen molar-refractivity contribution >= 4 is 17.5 Å². The summed E-state index contributed by atoms with van der Waals surface area (Å²) in [5.41, 5.74) is -1.57. The summed E-state index contributed by atoms with van der Waals surface area (Å²) in [4.78, 5) is 15.1. The number of hydrogen-bond donors (Lipinski definition) is 3. The van der Waals surface area contributed by atoms with Crippen LogP contribution in [0.25, 0.3) is 0 Å². The van der Waals surface area contributed by atoms with Crippen molar-refractivity contribution in [3.63, 3.8) is 0 Å². The van der Waals surface area contributed by atoms with Gasteiger partial charge in [-0.25, -0.2) is 9.37 Å². The molecule has 0 fully saturated rings. The van der Waals surface area contributed by atoms with Gasteiger partial charge in [-0.15, -0.1) is 0 Å². The van der Waals surface area contributed by atoms with Crippen molar-refractivity contribution < 1.29 is 19.4 Å². The van der Waals surface area contributed by atoms with Gasteiger partial charge in [-0.2, -0.15) is 0 Å². The van der Waals surface area contributed by atoms with Gasteiger partial charge in [0.1, 0.15) is 16.6 Å². The lowest BCUT2D eigenvalue weighted by Crippen LogP contribution is -2.43. The Labute approximate surface area is 102 Å². The highest BCUT2D eigenvalue weighted by Crippen LogP contribution is 2.13. The number of aromatic nitrogens is 1. The van der Waals surface area contributed by atoms with Gasteiger partial charge in [0.05, 0.1) is 18.4 Å². The fourth-order valence-corrected chi connectivity index (χ4v) is 1.19. The van der Waals surface area contributed by atoms with E-state index in [1.54, 1.807) is 0 Å². The Morgan fingerprint density at radius 2 is 2.35 bits per heavy atom. The van der Waals surface area contributed by atoms with Gasteiger partial charge in [0.25, 0.3) is 5.91 Å². The Kier molecular flexibility index (Phi) is 4.39. The van der Waals surface area contributed by atoms with Crippen molar-refractivity contribution in [1.82, 2.24) is 10.3 Å². The van der Waals surface area contributed by atoms with Crippen LogP contribution in [0.2, 0.25) is 5.15 Å². The minimum atomic E-state index is -1.44. The van der Waals surface area contributed by atoms with Crippen molar-refractivity contribution in [2.24, 2.45) is 0 Å². The molecule has 1 atom stereocenters. The fraction of sp³-hybridized carbons (Fsp3) is 0.400. The molecule has 1 rings (SSSR count). The molecule has 1 unspecified atom stereocenters. The van der Waals surface area contributed by atoms with Crippen LogP contribution in [0.3, 0.4) is 0 Å². The van der Waals surface area contributed by atoms with E-state index in [0.29, 0.717) is 0 Å². The third-order valence-corrected chi connectivity index (χ3v) is 2.32. The predicted molar refractivity (Wildman–Crippen MR) is 59.2 cm³/mol. The summed E-state index contributed by atoms with van der Waals surface area (Å²) in [6.45, 7) is 0.649. The largest absolute Gasteiger partial charge is 0.393 e. The van der Waals surface area contributed by atoms with E-state index in [0.717, 1.165) is 12.3 Å². The molecule has 0 aliphatic carbocycles. The number of halogens is 2. The third kappa shape index (κ3) is 3.92. The van der Waals surface area contributed by atoms with Crippen molar-refractivity contribution in [2.45, 2.75) is 12.5 Å².